The quantitative estimate of drug-likeness (QED) is 0.907. The van der Waals surface area contributed by atoms with E-state index in [4.69, 9.17) is 0 Å². The van der Waals surface area contributed by atoms with Gasteiger partial charge in [-0.05, 0) is 35.6 Å². The highest BCUT2D eigenvalue weighted by Gasteiger charge is 2.24. The zero-order chi connectivity index (χ0) is 13.8. The summed E-state index contributed by atoms with van der Waals surface area (Å²) in [6.45, 7) is 1.95. The Morgan fingerprint density at radius 2 is 2.32 bits per heavy atom. The summed E-state index contributed by atoms with van der Waals surface area (Å²) in [6.07, 6.45) is 1.15. The Labute approximate surface area is 123 Å². The van der Waals surface area contributed by atoms with Crippen molar-refractivity contribution in [3.05, 3.63) is 45.1 Å². The molecule has 1 aromatic heterocycles. The third-order valence-electron chi connectivity index (χ3n) is 2.73. The van der Waals surface area contributed by atoms with Crippen LogP contribution in [0.2, 0.25) is 0 Å². The zero-order valence-electron chi connectivity index (χ0n) is 10.3. The molecule has 1 atom stereocenters. The molecule has 4 nitrogen and oxygen atoms in total. The third kappa shape index (κ3) is 3.61. The van der Waals surface area contributed by atoms with E-state index in [-0.39, 0.29) is 0 Å². The number of aliphatic carboxylic acids is 1. The number of carbonyl (C=O) groups is 1. The van der Waals surface area contributed by atoms with Gasteiger partial charge in [0, 0.05) is 10.9 Å². The normalized spacial score (nSPS) is 12.3. The van der Waals surface area contributed by atoms with E-state index in [9.17, 15) is 9.90 Å². The largest absolute Gasteiger partial charge is 0.481 e. The summed E-state index contributed by atoms with van der Waals surface area (Å²) in [6, 6.07) is 7.66. The van der Waals surface area contributed by atoms with Gasteiger partial charge in [-0.15, -0.1) is 0 Å². The summed E-state index contributed by atoms with van der Waals surface area (Å²) in [5.74, 6) is -0.786. The van der Waals surface area contributed by atoms with Crippen molar-refractivity contribution in [1.82, 2.24) is 9.36 Å². The van der Waals surface area contributed by atoms with Crippen molar-refractivity contribution in [2.45, 2.75) is 25.7 Å². The Morgan fingerprint density at radius 3 is 2.89 bits per heavy atom. The van der Waals surface area contributed by atoms with Crippen LogP contribution < -0.4 is 0 Å². The molecular weight excluding hydrogens is 328 g/mol. The first-order valence-corrected chi connectivity index (χ1v) is 7.46. The van der Waals surface area contributed by atoms with Gasteiger partial charge in [0.1, 0.15) is 16.7 Å². The van der Waals surface area contributed by atoms with Gasteiger partial charge < -0.3 is 5.11 Å². The lowest BCUT2D eigenvalue weighted by Crippen LogP contribution is -2.14. The van der Waals surface area contributed by atoms with Crippen LogP contribution in [0.25, 0.3) is 0 Å². The van der Waals surface area contributed by atoms with Gasteiger partial charge in [-0.2, -0.15) is 4.37 Å². The molecule has 1 N–H and O–H groups in total. The van der Waals surface area contributed by atoms with Crippen LogP contribution in [-0.2, 0) is 17.6 Å². The molecule has 0 spiro atoms. The van der Waals surface area contributed by atoms with Crippen LogP contribution in [-0.4, -0.2) is 20.4 Å². The first-order chi connectivity index (χ1) is 9.10. The van der Waals surface area contributed by atoms with Crippen molar-refractivity contribution in [2.24, 2.45) is 0 Å². The smallest absolute Gasteiger partial charge is 0.313 e. The fourth-order valence-electron chi connectivity index (χ4n) is 1.73. The van der Waals surface area contributed by atoms with E-state index in [1.54, 1.807) is 0 Å². The third-order valence-corrected chi connectivity index (χ3v) is 4.08. The minimum absolute atomic E-state index is 0.424. The molecule has 6 heteroatoms. The number of rotatable bonds is 5. The molecule has 19 heavy (non-hydrogen) atoms. The van der Waals surface area contributed by atoms with Gasteiger partial charge in [-0.1, -0.05) is 35.0 Å². The van der Waals surface area contributed by atoms with E-state index >= 15 is 0 Å². The highest BCUT2D eigenvalue weighted by atomic mass is 79.9. The number of benzene rings is 1. The SMILES string of the molecule is CCc1nsc(C(Cc2cccc(Br)c2)C(=O)O)n1. The van der Waals surface area contributed by atoms with Crippen molar-refractivity contribution in [1.29, 1.82) is 0 Å². The molecule has 0 saturated heterocycles. The molecule has 0 amide bonds. The van der Waals surface area contributed by atoms with E-state index in [1.807, 2.05) is 31.2 Å². The molecule has 0 bridgehead atoms. The van der Waals surface area contributed by atoms with E-state index in [0.717, 1.165) is 16.5 Å². The fraction of sp³-hybridized carbons (Fsp3) is 0.308. The molecule has 2 rings (SSSR count). The number of aryl methyl sites for hydroxylation is 1. The minimum atomic E-state index is -0.862. The molecule has 1 aromatic carbocycles. The summed E-state index contributed by atoms with van der Waals surface area (Å²) >= 11 is 4.57. The van der Waals surface area contributed by atoms with Crippen LogP contribution in [0, 0.1) is 0 Å². The highest BCUT2D eigenvalue weighted by Crippen LogP contribution is 2.24. The van der Waals surface area contributed by atoms with Crippen molar-refractivity contribution >= 4 is 33.4 Å². The van der Waals surface area contributed by atoms with Crippen molar-refractivity contribution in [3.63, 3.8) is 0 Å². The van der Waals surface area contributed by atoms with Gasteiger partial charge in [0.15, 0.2) is 0 Å². The van der Waals surface area contributed by atoms with E-state index < -0.39 is 11.9 Å². The van der Waals surface area contributed by atoms with Crippen molar-refractivity contribution < 1.29 is 9.90 Å². The fourth-order valence-corrected chi connectivity index (χ4v) is 3.01. The zero-order valence-corrected chi connectivity index (χ0v) is 12.7. The second-order valence-corrected chi connectivity index (χ2v) is 5.83. The highest BCUT2D eigenvalue weighted by molar-refractivity contribution is 9.10. The number of aromatic nitrogens is 2. The predicted octanol–water partition coefficient (Wildman–Crippen LogP) is 3.27. The predicted molar refractivity (Wildman–Crippen MR) is 77.5 cm³/mol. The van der Waals surface area contributed by atoms with Crippen molar-refractivity contribution in [3.8, 4) is 0 Å². The number of hydrogen-bond acceptors (Lipinski definition) is 4. The molecule has 100 valence electrons. The average Bonchev–Trinajstić information content (AvgIpc) is 2.84. The first kappa shape index (κ1) is 14.1. The number of halogens is 1. The molecule has 1 heterocycles. The van der Waals surface area contributed by atoms with Gasteiger partial charge in [0.2, 0.25) is 0 Å². The molecular formula is C13H13BrN2O2S. The molecule has 0 fully saturated rings. The lowest BCUT2D eigenvalue weighted by molar-refractivity contribution is -0.138. The van der Waals surface area contributed by atoms with Gasteiger partial charge in [0.25, 0.3) is 0 Å². The number of carboxylic acid groups (broad SMARTS) is 1. The summed E-state index contributed by atoms with van der Waals surface area (Å²) < 4.78 is 5.10. The maximum Gasteiger partial charge on any atom is 0.313 e. The summed E-state index contributed by atoms with van der Waals surface area (Å²) in [7, 11) is 0. The number of nitrogens with zero attached hydrogens (tertiary/aromatic N) is 2. The second kappa shape index (κ2) is 6.25. The van der Waals surface area contributed by atoms with Gasteiger partial charge in [-0.3, -0.25) is 4.79 Å². The van der Waals surface area contributed by atoms with E-state index in [2.05, 4.69) is 25.3 Å². The molecule has 0 aliphatic carbocycles. The first-order valence-electron chi connectivity index (χ1n) is 5.90. The molecule has 0 saturated carbocycles. The monoisotopic (exact) mass is 340 g/mol. The molecule has 0 radical (unpaired) electrons. The Kier molecular flexibility index (Phi) is 4.66. The van der Waals surface area contributed by atoms with Gasteiger partial charge in [-0.25, -0.2) is 4.98 Å². The lowest BCUT2D eigenvalue weighted by atomic mass is 10.0. The molecule has 1 unspecified atom stereocenters. The summed E-state index contributed by atoms with van der Waals surface area (Å²) in [5, 5.41) is 9.94. The topological polar surface area (TPSA) is 63.1 Å². The Morgan fingerprint density at radius 1 is 1.53 bits per heavy atom. The van der Waals surface area contributed by atoms with Crippen LogP contribution in [0.4, 0.5) is 0 Å². The average molecular weight is 341 g/mol. The summed E-state index contributed by atoms with van der Waals surface area (Å²) in [5.41, 5.74) is 0.968. The standard InChI is InChI=1S/C13H13BrN2O2S/c1-2-11-15-12(19-16-11)10(13(17)18)7-8-4-3-5-9(14)6-8/h3-6,10H,2,7H2,1H3,(H,17,18). The molecule has 2 aromatic rings. The van der Waals surface area contributed by atoms with Gasteiger partial charge in [0.05, 0.1) is 0 Å². The van der Waals surface area contributed by atoms with Crippen LogP contribution in [0.15, 0.2) is 28.7 Å². The Hall–Kier alpha value is -1.27. The number of carboxylic acids is 1. The second-order valence-electron chi connectivity index (χ2n) is 4.13. The van der Waals surface area contributed by atoms with Crippen molar-refractivity contribution in [2.75, 3.05) is 0 Å². The van der Waals surface area contributed by atoms with Gasteiger partial charge >= 0.3 is 5.97 Å². The van der Waals surface area contributed by atoms with Crippen LogP contribution in [0.1, 0.15) is 29.2 Å². The molecule has 0 aliphatic rings. The minimum Gasteiger partial charge on any atom is -0.481 e. The summed E-state index contributed by atoms with van der Waals surface area (Å²) in [4.78, 5) is 15.7. The van der Waals surface area contributed by atoms with Crippen LogP contribution in [0.5, 0.6) is 0 Å². The van der Waals surface area contributed by atoms with Crippen LogP contribution in [0.3, 0.4) is 0 Å². The Bertz CT molecular complexity index is 586. The van der Waals surface area contributed by atoms with E-state index in [1.165, 1.54) is 11.5 Å². The lowest BCUT2D eigenvalue weighted by Gasteiger charge is -2.09. The van der Waals surface area contributed by atoms with Crippen LogP contribution >= 0.6 is 27.5 Å². The van der Waals surface area contributed by atoms with E-state index in [0.29, 0.717) is 17.3 Å². The number of hydrogen-bond donors (Lipinski definition) is 1. The molecule has 0 aliphatic heterocycles. The Balaban J connectivity index is 2.23. The maximum absolute atomic E-state index is 11.4. The maximum atomic E-state index is 11.4.